The fraction of sp³-hybridized carbons (Fsp3) is 0.0500. The highest BCUT2D eigenvalue weighted by atomic mass is 35.5. The zero-order valence-corrected chi connectivity index (χ0v) is 16.3. The van der Waals surface area contributed by atoms with Gasteiger partial charge in [-0.2, -0.15) is 0 Å². The number of nitrogens with one attached hydrogen (secondary N) is 1. The summed E-state index contributed by atoms with van der Waals surface area (Å²) in [7, 11) is 1.53. The maximum atomic E-state index is 12.8. The zero-order valence-electron chi connectivity index (χ0n) is 14.7. The largest absolute Gasteiger partial charge is 0.495 e. The lowest BCUT2D eigenvalue weighted by Crippen LogP contribution is -2.13. The average molecular weight is 415 g/mol. The maximum Gasteiger partial charge on any atom is 0.270 e. The van der Waals surface area contributed by atoms with Crippen LogP contribution >= 0.6 is 23.4 Å². The molecule has 0 spiro atoms. The molecule has 3 rings (SSSR count). The van der Waals surface area contributed by atoms with Crippen molar-refractivity contribution >= 4 is 40.6 Å². The number of hydrogen-bond donors (Lipinski definition) is 1. The van der Waals surface area contributed by atoms with E-state index in [4.69, 9.17) is 16.3 Å². The van der Waals surface area contributed by atoms with Gasteiger partial charge in [-0.05, 0) is 30.3 Å². The smallest absolute Gasteiger partial charge is 0.270 e. The fourth-order valence-electron chi connectivity index (χ4n) is 2.49. The van der Waals surface area contributed by atoms with Crippen LogP contribution in [-0.2, 0) is 0 Å². The molecule has 0 atom stereocenters. The van der Waals surface area contributed by atoms with E-state index in [2.05, 4.69) is 5.32 Å². The van der Waals surface area contributed by atoms with Crippen LogP contribution < -0.4 is 10.1 Å². The summed E-state index contributed by atoms with van der Waals surface area (Å²) < 4.78 is 5.26. The Bertz CT molecular complexity index is 1040. The van der Waals surface area contributed by atoms with Crippen molar-refractivity contribution in [3.63, 3.8) is 0 Å². The van der Waals surface area contributed by atoms with Gasteiger partial charge in [0.05, 0.1) is 28.3 Å². The molecule has 6 nitrogen and oxygen atoms in total. The molecule has 0 heterocycles. The SMILES string of the molecule is COc1ccccc1NC(=O)c1ccccc1Sc1ccc([N+](=O)[O-])cc1Cl. The second-order valence-corrected chi connectivity index (χ2v) is 7.12. The second-order valence-electron chi connectivity index (χ2n) is 5.62. The summed E-state index contributed by atoms with van der Waals surface area (Å²) in [6.45, 7) is 0. The Balaban J connectivity index is 1.87. The van der Waals surface area contributed by atoms with Crippen molar-refractivity contribution in [2.24, 2.45) is 0 Å². The highest BCUT2D eigenvalue weighted by Gasteiger charge is 2.16. The Kier molecular flexibility index (Phi) is 6.18. The van der Waals surface area contributed by atoms with Crippen LogP contribution in [0.5, 0.6) is 5.75 Å². The number of benzene rings is 3. The average Bonchev–Trinajstić information content (AvgIpc) is 2.70. The number of para-hydroxylation sites is 2. The van der Waals surface area contributed by atoms with Gasteiger partial charge in [0.25, 0.3) is 11.6 Å². The van der Waals surface area contributed by atoms with Crippen molar-refractivity contribution < 1.29 is 14.5 Å². The molecular formula is C20H15ClN2O4S. The molecular weight excluding hydrogens is 400 g/mol. The maximum absolute atomic E-state index is 12.8. The summed E-state index contributed by atoms with van der Waals surface area (Å²) >= 11 is 7.45. The molecule has 0 aliphatic carbocycles. The number of anilines is 1. The minimum absolute atomic E-state index is 0.0865. The Labute approximate surface area is 170 Å². The summed E-state index contributed by atoms with van der Waals surface area (Å²) in [6.07, 6.45) is 0. The normalized spacial score (nSPS) is 10.4. The van der Waals surface area contributed by atoms with Crippen LogP contribution in [0, 0.1) is 10.1 Å². The number of amides is 1. The van der Waals surface area contributed by atoms with Gasteiger partial charge in [0.15, 0.2) is 0 Å². The summed E-state index contributed by atoms with van der Waals surface area (Å²) in [4.78, 5) is 24.5. The molecule has 28 heavy (non-hydrogen) atoms. The summed E-state index contributed by atoms with van der Waals surface area (Å²) in [6, 6.07) is 18.4. The number of nitro groups is 1. The number of carbonyl (C=O) groups excluding carboxylic acids is 1. The molecule has 3 aromatic rings. The third kappa shape index (κ3) is 4.44. The highest BCUT2D eigenvalue weighted by molar-refractivity contribution is 7.99. The van der Waals surface area contributed by atoms with E-state index in [-0.39, 0.29) is 16.6 Å². The first-order valence-corrected chi connectivity index (χ1v) is 9.34. The third-order valence-corrected chi connectivity index (χ3v) is 5.41. The molecule has 0 radical (unpaired) electrons. The van der Waals surface area contributed by atoms with E-state index in [0.717, 1.165) is 0 Å². The molecule has 0 aliphatic heterocycles. The van der Waals surface area contributed by atoms with E-state index >= 15 is 0 Å². The zero-order chi connectivity index (χ0) is 20.1. The summed E-state index contributed by atoms with van der Waals surface area (Å²) in [5.74, 6) is 0.255. The van der Waals surface area contributed by atoms with Gasteiger partial charge in [0.2, 0.25) is 0 Å². The standard InChI is InChI=1S/C20H15ClN2O4S/c1-27-17-8-4-3-7-16(17)22-20(24)14-6-2-5-9-18(14)28-19-11-10-13(23(25)26)12-15(19)21/h2-12H,1H3,(H,22,24). The lowest BCUT2D eigenvalue weighted by molar-refractivity contribution is -0.384. The predicted octanol–water partition coefficient (Wildman–Crippen LogP) is 5.66. The summed E-state index contributed by atoms with van der Waals surface area (Å²) in [5.41, 5.74) is 0.924. The number of ether oxygens (including phenoxy) is 1. The number of hydrogen-bond acceptors (Lipinski definition) is 5. The third-order valence-electron chi connectivity index (χ3n) is 3.83. The molecule has 1 N–H and O–H groups in total. The molecule has 1 amide bonds. The minimum atomic E-state index is -0.505. The van der Waals surface area contributed by atoms with Gasteiger partial charge in [-0.1, -0.05) is 47.6 Å². The molecule has 0 unspecified atom stereocenters. The lowest BCUT2D eigenvalue weighted by Gasteiger charge is -2.12. The molecule has 8 heteroatoms. The van der Waals surface area contributed by atoms with E-state index in [0.29, 0.717) is 26.8 Å². The van der Waals surface area contributed by atoms with Crippen LogP contribution in [-0.4, -0.2) is 17.9 Å². The first kappa shape index (κ1) is 19.7. The molecule has 0 aromatic heterocycles. The monoisotopic (exact) mass is 414 g/mol. The quantitative estimate of drug-likeness (QED) is 0.415. The topological polar surface area (TPSA) is 81.5 Å². The number of carbonyl (C=O) groups is 1. The Morgan fingerprint density at radius 3 is 2.50 bits per heavy atom. The number of non-ortho nitro benzene ring substituents is 1. The molecule has 0 aliphatic rings. The Morgan fingerprint density at radius 1 is 1.07 bits per heavy atom. The minimum Gasteiger partial charge on any atom is -0.495 e. The van der Waals surface area contributed by atoms with Crippen molar-refractivity contribution in [2.45, 2.75) is 9.79 Å². The number of methoxy groups -OCH3 is 1. The second kappa shape index (κ2) is 8.77. The molecule has 142 valence electrons. The van der Waals surface area contributed by atoms with Gasteiger partial charge in [-0.25, -0.2) is 0 Å². The first-order valence-electron chi connectivity index (χ1n) is 8.15. The van der Waals surface area contributed by atoms with E-state index in [1.807, 2.05) is 12.1 Å². The van der Waals surface area contributed by atoms with Crippen LogP contribution in [0.25, 0.3) is 0 Å². The Morgan fingerprint density at radius 2 is 1.79 bits per heavy atom. The van der Waals surface area contributed by atoms with Crippen LogP contribution in [0.15, 0.2) is 76.5 Å². The predicted molar refractivity (Wildman–Crippen MR) is 110 cm³/mol. The summed E-state index contributed by atoms with van der Waals surface area (Å²) in [5, 5.41) is 14.0. The Hall–Kier alpha value is -3.03. The van der Waals surface area contributed by atoms with E-state index in [1.54, 1.807) is 42.5 Å². The number of nitrogens with zero attached hydrogens (tertiary/aromatic N) is 1. The van der Waals surface area contributed by atoms with Crippen molar-refractivity contribution in [3.05, 3.63) is 87.4 Å². The number of halogens is 1. The van der Waals surface area contributed by atoms with Crippen LogP contribution in [0.1, 0.15) is 10.4 Å². The van der Waals surface area contributed by atoms with Gasteiger partial charge < -0.3 is 10.1 Å². The highest BCUT2D eigenvalue weighted by Crippen LogP contribution is 2.37. The van der Waals surface area contributed by atoms with Gasteiger partial charge in [-0.3, -0.25) is 14.9 Å². The first-order chi connectivity index (χ1) is 13.5. The van der Waals surface area contributed by atoms with Gasteiger partial charge in [0.1, 0.15) is 5.75 Å². The molecule has 0 fully saturated rings. The van der Waals surface area contributed by atoms with Crippen molar-refractivity contribution in [3.8, 4) is 5.75 Å². The van der Waals surface area contributed by atoms with Gasteiger partial charge in [0, 0.05) is 21.9 Å². The van der Waals surface area contributed by atoms with Crippen molar-refractivity contribution in [2.75, 3.05) is 12.4 Å². The van der Waals surface area contributed by atoms with E-state index in [1.165, 1.54) is 31.0 Å². The molecule has 0 bridgehead atoms. The van der Waals surface area contributed by atoms with Crippen molar-refractivity contribution in [1.29, 1.82) is 0 Å². The van der Waals surface area contributed by atoms with E-state index in [9.17, 15) is 14.9 Å². The van der Waals surface area contributed by atoms with Gasteiger partial charge >= 0.3 is 0 Å². The fourth-order valence-corrected chi connectivity index (χ4v) is 3.72. The molecule has 0 saturated carbocycles. The van der Waals surface area contributed by atoms with Gasteiger partial charge in [-0.15, -0.1) is 0 Å². The van der Waals surface area contributed by atoms with Crippen LogP contribution in [0.3, 0.4) is 0 Å². The van der Waals surface area contributed by atoms with Crippen LogP contribution in [0.4, 0.5) is 11.4 Å². The number of rotatable bonds is 6. The van der Waals surface area contributed by atoms with E-state index < -0.39 is 4.92 Å². The number of nitro benzene ring substituents is 1. The van der Waals surface area contributed by atoms with Crippen LogP contribution in [0.2, 0.25) is 5.02 Å². The lowest BCUT2D eigenvalue weighted by atomic mass is 10.2. The van der Waals surface area contributed by atoms with Crippen molar-refractivity contribution in [1.82, 2.24) is 0 Å². The molecule has 0 saturated heterocycles. The molecule has 3 aromatic carbocycles.